The van der Waals surface area contributed by atoms with Crippen molar-refractivity contribution < 1.29 is 43.9 Å². The van der Waals surface area contributed by atoms with Crippen molar-refractivity contribution in [2.75, 3.05) is 0 Å². The minimum absolute atomic E-state index is 3.93. The van der Waals surface area contributed by atoms with Crippen LogP contribution in [-0.2, 0) is 0 Å². The molecule has 12 heteroatoms. The molecule has 0 aromatic heterocycles. The number of alkyl halides is 12. The summed E-state index contributed by atoms with van der Waals surface area (Å²) in [4.78, 5) is 0. The molecule has 0 rings (SSSR count). The molecule has 0 heterocycles. The molecule has 18 heavy (non-hydrogen) atoms. The number of halogens is 12. The molecule has 0 aromatic rings. The van der Waals surface area contributed by atoms with Crippen LogP contribution in [0.15, 0.2) is 0 Å². The topological polar surface area (TPSA) is 0 Å². The van der Waals surface area contributed by atoms with Crippen molar-refractivity contribution in [3.8, 4) is 0 Å². The Labute approximate surface area is 103 Å². The summed E-state index contributed by atoms with van der Waals surface area (Å²) >= 11 is 7.98. The van der Waals surface area contributed by atoms with Crippen molar-refractivity contribution in [1.82, 2.24) is 0 Å². The quantitative estimate of drug-likeness (QED) is 0.521. The minimum Gasteiger partial charge on any atom is -0.236 e. The van der Waals surface area contributed by atoms with E-state index in [0.717, 1.165) is 0 Å². The van der Waals surface area contributed by atoms with Gasteiger partial charge in [0.05, 0.1) is 0 Å². The molecule has 3 atom stereocenters. The third-order valence-electron chi connectivity index (χ3n) is 1.74. The average Bonchev–Trinajstić information content (AvgIpc) is 2.13. The highest BCUT2D eigenvalue weighted by atomic mass is 35.5. The van der Waals surface area contributed by atoms with Gasteiger partial charge in [0.15, 0.2) is 0 Å². The maximum Gasteiger partial charge on any atom is 0.458 e. The maximum atomic E-state index is 13.0. The zero-order chi connectivity index (χ0) is 15.2. The molecule has 0 nitrogen and oxygen atoms in total. The SMILES string of the molecule is FC(F)C(F)C(F)(Cl)C(F)(Cl)C(F)(F)C(F)(F)F. The zero-order valence-electron chi connectivity index (χ0n) is 7.69. The van der Waals surface area contributed by atoms with Gasteiger partial charge in [-0.25, -0.2) is 22.0 Å². The Bertz CT molecular complexity index is 295. The molecule has 0 aliphatic rings. The second kappa shape index (κ2) is 4.77. The van der Waals surface area contributed by atoms with Gasteiger partial charge in [-0.3, -0.25) is 0 Å². The Morgan fingerprint density at radius 3 is 1.28 bits per heavy atom. The van der Waals surface area contributed by atoms with Crippen LogP contribution in [0.5, 0.6) is 0 Å². The van der Waals surface area contributed by atoms with Crippen LogP contribution in [0.3, 0.4) is 0 Å². The first-order chi connectivity index (χ1) is 7.60. The standard InChI is InChI=1S/C6H2Cl2F10/c7-3(12,1(9)2(10)11)4(8,13)5(14,15)6(16,17)18/h1-2H. The lowest BCUT2D eigenvalue weighted by molar-refractivity contribution is -0.326. The summed E-state index contributed by atoms with van der Waals surface area (Å²) in [5.41, 5.74) is 0. The third kappa shape index (κ3) is 2.59. The summed E-state index contributed by atoms with van der Waals surface area (Å²) in [6, 6.07) is 0. The summed E-state index contributed by atoms with van der Waals surface area (Å²) in [5, 5.41) is -11.5. The van der Waals surface area contributed by atoms with Crippen LogP contribution < -0.4 is 0 Å². The van der Waals surface area contributed by atoms with E-state index < -0.39 is 35.0 Å². The van der Waals surface area contributed by atoms with Gasteiger partial charge in [-0.05, 0) is 0 Å². The van der Waals surface area contributed by atoms with E-state index in [-0.39, 0.29) is 0 Å². The molecule has 110 valence electrons. The molecular weight excluding hydrogens is 333 g/mol. The highest BCUT2D eigenvalue weighted by Gasteiger charge is 2.81. The van der Waals surface area contributed by atoms with Gasteiger partial charge in [0.25, 0.3) is 11.6 Å². The van der Waals surface area contributed by atoms with Crippen molar-refractivity contribution >= 4 is 23.2 Å². The second-order valence-corrected chi connectivity index (χ2v) is 4.08. The minimum atomic E-state index is -6.77. The van der Waals surface area contributed by atoms with E-state index in [9.17, 15) is 43.9 Å². The van der Waals surface area contributed by atoms with Crippen LogP contribution in [0.2, 0.25) is 0 Å². The Kier molecular flexibility index (Phi) is 4.74. The second-order valence-electron chi connectivity index (χ2n) is 3.01. The summed E-state index contributed by atoms with van der Waals surface area (Å²) in [6.07, 6.45) is -15.7. The summed E-state index contributed by atoms with van der Waals surface area (Å²) < 4.78 is 122. The van der Waals surface area contributed by atoms with Gasteiger partial charge in [0.2, 0.25) is 6.17 Å². The molecule has 0 spiro atoms. The Hall–Kier alpha value is -0.120. The van der Waals surface area contributed by atoms with E-state index in [2.05, 4.69) is 23.2 Å². The molecule has 0 aliphatic carbocycles. The van der Waals surface area contributed by atoms with Gasteiger partial charge in [0.1, 0.15) is 0 Å². The fourth-order valence-corrected chi connectivity index (χ4v) is 1.14. The van der Waals surface area contributed by atoms with Crippen molar-refractivity contribution in [3.63, 3.8) is 0 Å². The first-order valence-corrected chi connectivity index (χ1v) is 4.48. The van der Waals surface area contributed by atoms with Crippen LogP contribution >= 0.6 is 23.2 Å². The number of rotatable bonds is 4. The fraction of sp³-hybridized carbons (Fsp3) is 1.00. The molecular formula is C6H2Cl2F10. The molecule has 0 amide bonds. The summed E-state index contributed by atoms with van der Waals surface area (Å²) in [7, 11) is 0. The summed E-state index contributed by atoms with van der Waals surface area (Å²) in [6.45, 7) is 0. The average molecular weight is 335 g/mol. The van der Waals surface area contributed by atoms with Crippen LogP contribution in [0, 0.1) is 0 Å². The fourth-order valence-electron chi connectivity index (χ4n) is 0.719. The number of hydrogen-bond donors (Lipinski definition) is 0. The molecule has 0 bridgehead atoms. The predicted molar refractivity (Wildman–Crippen MR) is 41.3 cm³/mol. The Balaban J connectivity index is 5.64. The van der Waals surface area contributed by atoms with Crippen molar-refractivity contribution in [2.45, 2.75) is 35.0 Å². The van der Waals surface area contributed by atoms with Gasteiger partial charge in [-0.15, -0.1) is 0 Å². The van der Waals surface area contributed by atoms with Crippen LogP contribution in [0.4, 0.5) is 43.9 Å². The highest BCUT2D eigenvalue weighted by Crippen LogP contribution is 2.57. The largest absolute Gasteiger partial charge is 0.458 e. The smallest absolute Gasteiger partial charge is 0.236 e. The lowest BCUT2D eigenvalue weighted by Gasteiger charge is -2.37. The van der Waals surface area contributed by atoms with Crippen LogP contribution in [-0.4, -0.2) is 35.0 Å². The van der Waals surface area contributed by atoms with E-state index in [1.165, 1.54) is 0 Å². The Morgan fingerprint density at radius 1 is 0.722 bits per heavy atom. The molecule has 0 aromatic carbocycles. The van der Waals surface area contributed by atoms with E-state index in [1.54, 1.807) is 0 Å². The van der Waals surface area contributed by atoms with E-state index >= 15 is 0 Å². The first kappa shape index (κ1) is 17.9. The highest BCUT2D eigenvalue weighted by molar-refractivity contribution is 6.34. The van der Waals surface area contributed by atoms with E-state index in [4.69, 9.17) is 0 Å². The Morgan fingerprint density at radius 2 is 1.06 bits per heavy atom. The van der Waals surface area contributed by atoms with Crippen LogP contribution in [0.25, 0.3) is 0 Å². The maximum absolute atomic E-state index is 13.0. The normalized spacial score (nSPS) is 22.5. The predicted octanol–water partition coefficient (Wildman–Crippen LogP) is 4.60. The van der Waals surface area contributed by atoms with E-state index in [0.29, 0.717) is 0 Å². The van der Waals surface area contributed by atoms with Gasteiger partial charge < -0.3 is 0 Å². The lowest BCUT2D eigenvalue weighted by Crippen LogP contribution is -2.63. The van der Waals surface area contributed by atoms with Gasteiger partial charge in [-0.1, -0.05) is 23.2 Å². The van der Waals surface area contributed by atoms with Gasteiger partial charge >= 0.3 is 17.2 Å². The van der Waals surface area contributed by atoms with Crippen molar-refractivity contribution in [2.24, 2.45) is 0 Å². The molecule has 0 saturated carbocycles. The molecule has 0 fully saturated rings. The third-order valence-corrected chi connectivity index (χ3v) is 2.81. The molecule has 0 N–H and O–H groups in total. The van der Waals surface area contributed by atoms with Gasteiger partial charge in [0, 0.05) is 0 Å². The van der Waals surface area contributed by atoms with E-state index in [1.807, 2.05) is 0 Å². The van der Waals surface area contributed by atoms with Crippen LogP contribution in [0.1, 0.15) is 0 Å². The molecule has 0 saturated heterocycles. The molecule has 0 radical (unpaired) electrons. The van der Waals surface area contributed by atoms with Gasteiger partial charge in [-0.2, -0.15) is 22.0 Å². The monoisotopic (exact) mass is 334 g/mol. The summed E-state index contributed by atoms with van der Waals surface area (Å²) in [5.74, 6) is -6.70. The van der Waals surface area contributed by atoms with Crippen molar-refractivity contribution in [1.29, 1.82) is 0 Å². The first-order valence-electron chi connectivity index (χ1n) is 3.73. The van der Waals surface area contributed by atoms with Crippen molar-refractivity contribution in [3.05, 3.63) is 0 Å². The zero-order valence-corrected chi connectivity index (χ0v) is 9.20. The molecule has 3 unspecified atom stereocenters. The number of hydrogen-bond acceptors (Lipinski definition) is 0. The lowest BCUT2D eigenvalue weighted by atomic mass is 10.0. The molecule has 0 aliphatic heterocycles.